The Morgan fingerprint density at radius 2 is 2.06 bits per heavy atom. The first-order chi connectivity index (χ1) is 8.28. The number of nitrogens with zero attached hydrogens (tertiary/aromatic N) is 3. The zero-order chi connectivity index (χ0) is 13.5. The monoisotopic (exact) mass is 247 g/mol. The Morgan fingerprint density at radius 3 is 2.67 bits per heavy atom. The molecule has 2 aromatic heterocycles. The lowest BCUT2D eigenvalue weighted by Gasteiger charge is -2.19. The number of ether oxygens (including phenoxy) is 1. The molecule has 0 unspecified atom stereocenters. The average Bonchev–Trinajstić information content (AvgIpc) is 2.52. The van der Waals surface area contributed by atoms with Crippen LogP contribution in [0.3, 0.4) is 0 Å². The average molecular weight is 247 g/mol. The van der Waals surface area contributed by atoms with E-state index in [4.69, 9.17) is 4.74 Å². The summed E-state index contributed by atoms with van der Waals surface area (Å²) in [5.74, 6) is -0.361. The maximum atomic E-state index is 11.9. The van der Waals surface area contributed by atoms with Gasteiger partial charge in [-0.1, -0.05) is 0 Å². The minimum atomic E-state index is -0.504. The molecule has 2 rings (SSSR count). The SMILES string of the molecule is Cc1nn(C)c2ncc(C(=O)OC(C)(C)C)cc12. The molecule has 0 aliphatic rings. The van der Waals surface area contributed by atoms with Crippen LogP contribution >= 0.6 is 0 Å². The minimum absolute atomic E-state index is 0.361. The highest BCUT2D eigenvalue weighted by Crippen LogP contribution is 2.18. The summed E-state index contributed by atoms with van der Waals surface area (Å²) in [7, 11) is 1.83. The number of hydrogen-bond acceptors (Lipinski definition) is 4. The van der Waals surface area contributed by atoms with Gasteiger partial charge in [0, 0.05) is 18.6 Å². The van der Waals surface area contributed by atoms with E-state index in [0.29, 0.717) is 5.56 Å². The van der Waals surface area contributed by atoms with Crippen molar-refractivity contribution in [3.63, 3.8) is 0 Å². The van der Waals surface area contributed by atoms with E-state index in [-0.39, 0.29) is 5.97 Å². The first kappa shape index (κ1) is 12.5. The van der Waals surface area contributed by atoms with E-state index in [1.54, 1.807) is 10.7 Å². The molecule has 0 fully saturated rings. The molecule has 0 spiro atoms. The fourth-order valence-electron chi connectivity index (χ4n) is 1.76. The smallest absolute Gasteiger partial charge is 0.340 e. The predicted molar refractivity (Wildman–Crippen MR) is 68.4 cm³/mol. The van der Waals surface area contributed by atoms with Gasteiger partial charge in [-0.25, -0.2) is 9.78 Å². The molecule has 0 bridgehead atoms. The van der Waals surface area contributed by atoms with Crippen molar-refractivity contribution in [2.75, 3.05) is 0 Å². The van der Waals surface area contributed by atoms with Crippen LogP contribution in [0.4, 0.5) is 0 Å². The molecule has 2 aromatic rings. The summed E-state index contributed by atoms with van der Waals surface area (Å²) < 4.78 is 7.01. The Morgan fingerprint density at radius 1 is 1.39 bits per heavy atom. The topological polar surface area (TPSA) is 57.0 Å². The molecule has 0 aromatic carbocycles. The zero-order valence-electron chi connectivity index (χ0n) is 11.3. The summed E-state index contributed by atoms with van der Waals surface area (Å²) in [6.07, 6.45) is 1.53. The van der Waals surface area contributed by atoms with Crippen molar-refractivity contribution in [1.29, 1.82) is 0 Å². The zero-order valence-corrected chi connectivity index (χ0v) is 11.3. The van der Waals surface area contributed by atoms with Crippen LogP contribution in [0, 0.1) is 6.92 Å². The van der Waals surface area contributed by atoms with Crippen molar-refractivity contribution in [1.82, 2.24) is 14.8 Å². The van der Waals surface area contributed by atoms with E-state index in [0.717, 1.165) is 16.7 Å². The molecule has 18 heavy (non-hydrogen) atoms. The van der Waals surface area contributed by atoms with Gasteiger partial charge in [-0.2, -0.15) is 5.10 Å². The third-order valence-corrected chi connectivity index (χ3v) is 2.50. The van der Waals surface area contributed by atoms with Crippen LogP contribution < -0.4 is 0 Å². The molecule has 5 nitrogen and oxygen atoms in total. The van der Waals surface area contributed by atoms with Crippen molar-refractivity contribution in [2.24, 2.45) is 7.05 Å². The van der Waals surface area contributed by atoms with Crippen molar-refractivity contribution in [3.8, 4) is 0 Å². The maximum Gasteiger partial charge on any atom is 0.340 e. The molecule has 0 aliphatic carbocycles. The summed E-state index contributed by atoms with van der Waals surface area (Å²) >= 11 is 0. The molecule has 0 atom stereocenters. The van der Waals surface area contributed by atoms with Crippen molar-refractivity contribution in [2.45, 2.75) is 33.3 Å². The number of rotatable bonds is 1. The molecule has 0 aliphatic heterocycles. The van der Waals surface area contributed by atoms with Crippen molar-refractivity contribution < 1.29 is 9.53 Å². The van der Waals surface area contributed by atoms with Crippen LogP contribution in [0.25, 0.3) is 11.0 Å². The molecule has 0 N–H and O–H groups in total. The molecule has 0 amide bonds. The van der Waals surface area contributed by atoms with E-state index >= 15 is 0 Å². The Bertz CT molecular complexity index is 608. The van der Waals surface area contributed by atoms with Gasteiger partial charge in [0.15, 0.2) is 5.65 Å². The third-order valence-electron chi connectivity index (χ3n) is 2.50. The Kier molecular flexibility index (Phi) is 2.84. The van der Waals surface area contributed by atoms with Crippen molar-refractivity contribution >= 4 is 17.0 Å². The van der Waals surface area contributed by atoms with Gasteiger partial charge in [0.25, 0.3) is 0 Å². The van der Waals surface area contributed by atoms with Gasteiger partial charge in [0.2, 0.25) is 0 Å². The van der Waals surface area contributed by atoms with Crippen LogP contribution in [-0.4, -0.2) is 26.3 Å². The second-order valence-corrected chi connectivity index (χ2v) is 5.31. The number of hydrogen-bond donors (Lipinski definition) is 0. The molecule has 5 heteroatoms. The van der Waals surface area contributed by atoms with Gasteiger partial charge in [0.05, 0.1) is 11.3 Å². The lowest BCUT2D eigenvalue weighted by Crippen LogP contribution is -2.23. The number of aryl methyl sites for hydroxylation is 2. The summed E-state index contributed by atoms with van der Waals surface area (Å²) in [5.41, 5.74) is 1.56. The van der Waals surface area contributed by atoms with Gasteiger partial charge < -0.3 is 4.74 Å². The van der Waals surface area contributed by atoms with E-state index in [9.17, 15) is 4.79 Å². The summed E-state index contributed by atoms with van der Waals surface area (Å²) in [6, 6.07) is 1.78. The quantitative estimate of drug-likeness (QED) is 0.725. The lowest BCUT2D eigenvalue weighted by atomic mass is 10.1. The highest BCUT2D eigenvalue weighted by Gasteiger charge is 2.19. The van der Waals surface area contributed by atoms with E-state index in [1.807, 2.05) is 34.7 Å². The normalized spacial score (nSPS) is 11.8. The molecule has 0 radical (unpaired) electrons. The summed E-state index contributed by atoms with van der Waals surface area (Å²) in [5, 5.41) is 5.14. The molecular formula is C13H17N3O2. The number of carbonyl (C=O) groups is 1. The summed E-state index contributed by atoms with van der Waals surface area (Å²) in [4.78, 5) is 16.2. The Labute approximate surface area is 106 Å². The second kappa shape index (κ2) is 4.08. The van der Waals surface area contributed by atoms with Gasteiger partial charge >= 0.3 is 5.97 Å². The fraction of sp³-hybridized carbons (Fsp3) is 0.462. The highest BCUT2D eigenvalue weighted by atomic mass is 16.6. The molecule has 0 saturated carbocycles. The first-order valence-corrected chi connectivity index (χ1v) is 5.80. The predicted octanol–water partition coefficient (Wildman–Crippen LogP) is 2.23. The van der Waals surface area contributed by atoms with E-state index in [2.05, 4.69) is 10.1 Å². The molecule has 2 heterocycles. The van der Waals surface area contributed by atoms with E-state index in [1.165, 1.54) is 6.20 Å². The van der Waals surface area contributed by atoms with Gasteiger partial charge in [-0.3, -0.25) is 4.68 Å². The van der Waals surface area contributed by atoms with Gasteiger partial charge in [0.1, 0.15) is 5.60 Å². The maximum absolute atomic E-state index is 11.9. The first-order valence-electron chi connectivity index (χ1n) is 5.80. The lowest BCUT2D eigenvalue weighted by molar-refractivity contribution is 0.00693. The molecule has 96 valence electrons. The van der Waals surface area contributed by atoms with Crippen LogP contribution in [0.5, 0.6) is 0 Å². The van der Waals surface area contributed by atoms with Crippen LogP contribution in [0.1, 0.15) is 36.8 Å². The number of aromatic nitrogens is 3. The van der Waals surface area contributed by atoms with Gasteiger partial charge in [-0.05, 0) is 33.8 Å². The highest BCUT2D eigenvalue weighted by molar-refractivity contribution is 5.93. The Hall–Kier alpha value is -1.91. The van der Waals surface area contributed by atoms with Crippen LogP contribution in [-0.2, 0) is 11.8 Å². The minimum Gasteiger partial charge on any atom is -0.456 e. The third kappa shape index (κ3) is 2.34. The second-order valence-electron chi connectivity index (χ2n) is 5.31. The number of esters is 1. The Balaban J connectivity index is 2.41. The number of pyridine rings is 1. The van der Waals surface area contributed by atoms with Crippen LogP contribution in [0.2, 0.25) is 0 Å². The number of carbonyl (C=O) groups excluding carboxylic acids is 1. The van der Waals surface area contributed by atoms with E-state index < -0.39 is 5.60 Å². The van der Waals surface area contributed by atoms with Crippen LogP contribution in [0.15, 0.2) is 12.3 Å². The molecule has 0 saturated heterocycles. The standard InChI is InChI=1S/C13H17N3O2/c1-8-10-6-9(12(17)18-13(2,3)4)7-14-11(10)16(5)15-8/h6-7H,1-5H3. The fourth-order valence-corrected chi connectivity index (χ4v) is 1.76. The number of fused-ring (bicyclic) bond motifs is 1. The largest absolute Gasteiger partial charge is 0.456 e. The van der Waals surface area contributed by atoms with Gasteiger partial charge in [-0.15, -0.1) is 0 Å². The summed E-state index contributed by atoms with van der Waals surface area (Å²) in [6.45, 7) is 7.41. The van der Waals surface area contributed by atoms with Crippen molar-refractivity contribution in [3.05, 3.63) is 23.5 Å². The molecular weight excluding hydrogens is 230 g/mol.